The molecule has 104 valence electrons. The third-order valence-corrected chi connectivity index (χ3v) is 4.38. The minimum Gasteiger partial charge on any atom is -0.478 e. The SMILES string of the molecule is O=C(O)/C=C/c1ccsc1CN1CCC(CCO)C1. The van der Waals surface area contributed by atoms with Gasteiger partial charge >= 0.3 is 5.97 Å². The number of thiophene rings is 1. The first-order valence-electron chi connectivity index (χ1n) is 6.49. The Morgan fingerprint density at radius 1 is 1.58 bits per heavy atom. The highest BCUT2D eigenvalue weighted by molar-refractivity contribution is 7.10. The lowest BCUT2D eigenvalue weighted by Gasteiger charge is -2.15. The molecule has 1 aromatic rings. The number of carboxylic acids is 1. The fraction of sp³-hybridized carbons (Fsp3) is 0.500. The van der Waals surface area contributed by atoms with E-state index >= 15 is 0 Å². The highest BCUT2D eigenvalue weighted by Crippen LogP contribution is 2.25. The van der Waals surface area contributed by atoms with Gasteiger partial charge in [0.25, 0.3) is 0 Å². The van der Waals surface area contributed by atoms with Crippen molar-refractivity contribution in [3.05, 3.63) is 28.0 Å². The Balaban J connectivity index is 1.93. The van der Waals surface area contributed by atoms with E-state index in [9.17, 15) is 4.79 Å². The molecule has 1 atom stereocenters. The third kappa shape index (κ3) is 4.16. The number of carboxylic acid groups (broad SMARTS) is 1. The van der Waals surface area contributed by atoms with Crippen molar-refractivity contribution in [3.63, 3.8) is 0 Å². The molecule has 0 aliphatic carbocycles. The maximum Gasteiger partial charge on any atom is 0.328 e. The second-order valence-corrected chi connectivity index (χ2v) is 5.87. The van der Waals surface area contributed by atoms with E-state index in [0.717, 1.165) is 38.0 Å². The molecule has 1 unspecified atom stereocenters. The molecule has 0 aromatic carbocycles. The Bertz CT molecular complexity index is 455. The summed E-state index contributed by atoms with van der Waals surface area (Å²) in [5.41, 5.74) is 0.998. The lowest BCUT2D eigenvalue weighted by Crippen LogP contribution is -2.20. The van der Waals surface area contributed by atoms with Gasteiger partial charge in [-0.05, 0) is 48.4 Å². The Hall–Kier alpha value is -1.17. The third-order valence-electron chi connectivity index (χ3n) is 3.46. The van der Waals surface area contributed by atoms with Crippen LogP contribution in [0.1, 0.15) is 23.3 Å². The molecule has 5 heteroatoms. The van der Waals surface area contributed by atoms with Crippen LogP contribution in [0.3, 0.4) is 0 Å². The zero-order chi connectivity index (χ0) is 13.7. The number of likely N-dealkylation sites (tertiary alicyclic amines) is 1. The number of aliphatic hydroxyl groups is 1. The van der Waals surface area contributed by atoms with E-state index in [4.69, 9.17) is 10.2 Å². The largest absolute Gasteiger partial charge is 0.478 e. The summed E-state index contributed by atoms with van der Waals surface area (Å²) < 4.78 is 0. The van der Waals surface area contributed by atoms with Gasteiger partial charge in [-0.3, -0.25) is 4.90 Å². The number of carbonyl (C=O) groups is 1. The van der Waals surface area contributed by atoms with Crippen molar-refractivity contribution < 1.29 is 15.0 Å². The molecule has 2 N–H and O–H groups in total. The average molecular weight is 281 g/mol. The number of hydrogen-bond acceptors (Lipinski definition) is 4. The topological polar surface area (TPSA) is 60.8 Å². The van der Waals surface area contributed by atoms with Crippen LogP contribution >= 0.6 is 11.3 Å². The lowest BCUT2D eigenvalue weighted by molar-refractivity contribution is -0.131. The van der Waals surface area contributed by atoms with Gasteiger partial charge in [0, 0.05) is 30.6 Å². The molecule has 1 aliphatic heterocycles. The Labute approximate surface area is 117 Å². The van der Waals surface area contributed by atoms with Gasteiger partial charge in [-0.15, -0.1) is 11.3 Å². The predicted molar refractivity (Wildman–Crippen MR) is 76.1 cm³/mol. The molecule has 1 aliphatic rings. The van der Waals surface area contributed by atoms with Gasteiger partial charge in [0.2, 0.25) is 0 Å². The fourth-order valence-electron chi connectivity index (χ4n) is 2.47. The maximum absolute atomic E-state index is 10.5. The first-order chi connectivity index (χ1) is 9.19. The summed E-state index contributed by atoms with van der Waals surface area (Å²) in [5, 5.41) is 19.6. The Kier molecular flexibility index (Phi) is 5.13. The fourth-order valence-corrected chi connectivity index (χ4v) is 3.37. The average Bonchev–Trinajstić information content (AvgIpc) is 2.97. The van der Waals surface area contributed by atoms with Gasteiger partial charge in [-0.1, -0.05) is 0 Å². The second kappa shape index (κ2) is 6.84. The summed E-state index contributed by atoms with van der Waals surface area (Å²) in [7, 11) is 0. The molecule has 19 heavy (non-hydrogen) atoms. The number of nitrogens with zero attached hydrogens (tertiary/aromatic N) is 1. The molecule has 0 radical (unpaired) electrons. The van der Waals surface area contributed by atoms with Gasteiger partial charge in [0.05, 0.1) is 0 Å². The van der Waals surface area contributed by atoms with Crippen LogP contribution in [0.4, 0.5) is 0 Å². The van der Waals surface area contributed by atoms with Crippen molar-refractivity contribution in [3.8, 4) is 0 Å². The molecule has 0 spiro atoms. The smallest absolute Gasteiger partial charge is 0.328 e. The summed E-state index contributed by atoms with van der Waals surface area (Å²) in [6.45, 7) is 3.23. The zero-order valence-electron chi connectivity index (χ0n) is 10.8. The van der Waals surface area contributed by atoms with Gasteiger partial charge in [0.1, 0.15) is 0 Å². The molecule has 2 heterocycles. The lowest BCUT2D eigenvalue weighted by atomic mass is 10.1. The molecule has 4 nitrogen and oxygen atoms in total. The van der Waals surface area contributed by atoms with Gasteiger partial charge < -0.3 is 10.2 Å². The van der Waals surface area contributed by atoms with Crippen molar-refractivity contribution in [1.82, 2.24) is 4.90 Å². The van der Waals surface area contributed by atoms with Crippen LogP contribution in [0, 0.1) is 5.92 Å². The van der Waals surface area contributed by atoms with Crippen LogP contribution in [-0.4, -0.2) is 40.8 Å². The van der Waals surface area contributed by atoms with Crippen molar-refractivity contribution in [1.29, 1.82) is 0 Å². The molecule has 1 fully saturated rings. The Morgan fingerprint density at radius 3 is 3.16 bits per heavy atom. The molecule has 0 amide bonds. The van der Waals surface area contributed by atoms with Crippen molar-refractivity contribution in [2.75, 3.05) is 19.7 Å². The van der Waals surface area contributed by atoms with Gasteiger partial charge in [0.15, 0.2) is 0 Å². The van der Waals surface area contributed by atoms with Crippen LogP contribution < -0.4 is 0 Å². The van der Waals surface area contributed by atoms with E-state index in [-0.39, 0.29) is 6.61 Å². The Morgan fingerprint density at radius 2 is 2.42 bits per heavy atom. The van der Waals surface area contributed by atoms with E-state index in [2.05, 4.69) is 4.90 Å². The van der Waals surface area contributed by atoms with Crippen LogP contribution in [-0.2, 0) is 11.3 Å². The standard InChI is InChI=1S/C14H19NO3S/c16-7-4-11-3-6-15(9-11)10-13-12(5-8-19-13)1-2-14(17)18/h1-2,5,8,11,16H,3-4,6-7,9-10H2,(H,17,18)/b2-1+. The van der Waals surface area contributed by atoms with E-state index in [1.165, 1.54) is 11.0 Å². The first-order valence-corrected chi connectivity index (χ1v) is 7.37. The summed E-state index contributed by atoms with van der Waals surface area (Å²) in [4.78, 5) is 14.1. The highest BCUT2D eigenvalue weighted by Gasteiger charge is 2.22. The molecule has 0 bridgehead atoms. The summed E-state index contributed by atoms with van der Waals surface area (Å²) in [5.74, 6) is -0.315. The second-order valence-electron chi connectivity index (χ2n) is 4.87. The number of hydrogen-bond donors (Lipinski definition) is 2. The van der Waals surface area contributed by atoms with E-state index in [1.54, 1.807) is 17.4 Å². The van der Waals surface area contributed by atoms with E-state index < -0.39 is 5.97 Å². The van der Waals surface area contributed by atoms with Crippen molar-refractivity contribution in [2.24, 2.45) is 5.92 Å². The summed E-state index contributed by atoms with van der Waals surface area (Å²) >= 11 is 1.67. The molecule has 1 aromatic heterocycles. The first kappa shape index (κ1) is 14.2. The molecular weight excluding hydrogens is 262 g/mol. The maximum atomic E-state index is 10.5. The van der Waals surface area contributed by atoms with Gasteiger partial charge in [-0.2, -0.15) is 0 Å². The molecular formula is C14H19NO3S. The molecule has 0 saturated carbocycles. The predicted octanol–water partition coefficient (Wildman–Crippen LogP) is 2.05. The van der Waals surface area contributed by atoms with Crippen LogP contribution in [0.15, 0.2) is 17.5 Å². The molecule has 2 rings (SSSR count). The van der Waals surface area contributed by atoms with Crippen LogP contribution in [0.2, 0.25) is 0 Å². The van der Waals surface area contributed by atoms with Crippen LogP contribution in [0.5, 0.6) is 0 Å². The van der Waals surface area contributed by atoms with Crippen molar-refractivity contribution >= 4 is 23.4 Å². The number of rotatable bonds is 6. The summed E-state index contributed by atoms with van der Waals surface area (Å²) in [6.07, 6.45) is 4.87. The van der Waals surface area contributed by atoms with Crippen LogP contribution in [0.25, 0.3) is 6.08 Å². The zero-order valence-corrected chi connectivity index (χ0v) is 11.6. The minimum absolute atomic E-state index is 0.268. The van der Waals surface area contributed by atoms with E-state index in [0.29, 0.717) is 5.92 Å². The monoisotopic (exact) mass is 281 g/mol. The number of aliphatic carboxylic acids is 1. The molecule has 1 saturated heterocycles. The quantitative estimate of drug-likeness (QED) is 0.784. The van der Waals surface area contributed by atoms with Crippen molar-refractivity contribution in [2.45, 2.75) is 19.4 Å². The normalized spacial score (nSPS) is 20.4. The van der Waals surface area contributed by atoms with E-state index in [1.807, 2.05) is 11.4 Å². The highest BCUT2D eigenvalue weighted by atomic mass is 32.1. The number of aliphatic hydroxyl groups excluding tert-OH is 1. The summed E-state index contributed by atoms with van der Waals surface area (Å²) in [6, 6.07) is 1.96. The van der Waals surface area contributed by atoms with Gasteiger partial charge in [-0.25, -0.2) is 4.79 Å². The minimum atomic E-state index is -0.915.